The highest BCUT2D eigenvalue weighted by Gasteiger charge is 2.35. The molecule has 3 aromatic rings. The number of aliphatic imine (C=N–C) groups is 1. The molecule has 1 N–H and O–H groups in total. The van der Waals surface area contributed by atoms with E-state index < -0.39 is 17.9 Å². The lowest BCUT2D eigenvalue weighted by Crippen LogP contribution is -2.42. The second-order valence-corrected chi connectivity index (χ2v) is 11.6. The lowest BCUT2D eigenvalue weighted by Gasteiger charge is -2.28. The van der Waals surface area contributed by atoms with Gasteiger partial charge in [0.2, 0.25) is 5.91 Å². The number of hydrogen-bond donors (Lipinski definition) is 1. The lowest BCUT2D eigenvalue weighted by molar-refractivity contribution is -0.126. The Morgan fingerprint density at radius 2 is 1.67 bits per heavy atom. The second-order valence-electron chi connectivity index (χ2n) is 10.6. The first-order chi connectivity index (χ1) is 23.8. The minimum Gasteiger partial charge on any atom is -0.493 e. The van der Waals surface area contributed by atoms with Gasteiger partial charge in [-0.2, -0.15) is 4.99 Å². The van der Waals surface area contributed by atoms with Crippen molar-refractivity contribution < 1.29 is 23.9 Å². The van der Waals surface area contributed by atoms with Crippen LogP contribution in [0.1, 0.15) is 35.2 Å². The van der Waals surface area contributed by atoms with Crippen LogP contribution in [0.25, 0.3) is 6.08 Å². The normalized spacial score (nSPS) is 14.2. The molecule has 0 aliphatic carbocycles. The Morgan fingerprint density at radius 1 is 1.00 bits per heavy atom. The minimum absolute atomic E-state index is 0.0817. The predicted octanol–water partition coefficient (Wildman–Crippen LogP) is 7.38. The summed E-state index contributed by atoms with van der Waals surface area (Å²) < 4.78 is 11.4. The van der Waals surface area contributed by atoms with E-state index in [0.717, 1.165) is 28.5 Å². The number of allylic oxidation sites excluding steroid dienone is 5. The van der Waals surface area contributed by atoms with Gasteiger partial charge >= 0.3 is 0 Å². The van der Waals surface area contributed by atoms with Gasteiger partial charge in [-0.3, -0.25) is 19.3 Å². The zero-order chi connectivity index (χ0) is 35.2. The van der Waals surface area contributed by atoms with E-state index in [-0.39, 0.29) is 29.0 Å². The number of amidine groups is 1. The molecule has 8 nitrogen and oxygen atoms in total. The summed E-state index contributed by atoms with van der Waals surface area (Å²) in [4.78, 5) is 46.7. The third-order valence-corrected chi connectivity index (χ3v) is 8.25. The maximum absolute atomic E-state index is 14.1. The fraction of sp³-hybridized carbons (Fsp3) is 0.150. The summed E-state index contributed by atoms with van der Waals surface area (Å²) in [5.41, 5.74) is 3.44. The van der Waals surface area contributed by atoms with E-state index >= 15 is 0 Å². The van der Waals surface area contributed by atoms with Gasteiger partial charge in [0.05, 0.1) is 18.9 Å². The van der Waals surface area contributed by atoms with E-state index in [1.54, 1.807) is 49.4 Å². The van der Waals surface area contributed by atoms with Crippen LogP contribution in [0.4, 0.5) is 0 Å². The summed E-state index contributed by atoms with van der Waals surface area (Å²) in [5, 5.41) is 3.18. The summed E-state index contributed by atoms with van der Waals surface area (Å²) in [5.74, 6) is -0.756. The van der Waals surface area contributed by atoms with Crippen LogP contribution in [-0.2, 0) is 20.8 Å². The van der Waals surface area contributed by atoms with Crippen LogP contribution in [0.2, 0.25) is 0 Å². The lowest BCUT2D eigenvalue weighted by atomic mass is 9.99. The topological polar surface area (TPSA) is 97.3 Å². The largest absolute Gasteiger partial charge is 0.493 e. The highest BCUT2D eigenvalue weighted by Crippen LogP contribution is 2.35. The van der Waals surface area contributed by atoms with Crippen molar-refractivity contribution >= 4 is 40.7 Å². The Morgan fingerprint density at radius 3 is 2.24 bits per heavy atom. The molecule has 1 aliphatic heterocycles. The standard InChI is InChI=1S/C40H39N3O5S/c1-6-10-22-32(9-4)43-39(46)33(25-28-24-31(17-7-2)37(48-23-8-3)34(26-28)47-5)38(45)42-40(43)49-27-35(44)41-36(29-18-13-11-14-19-29)30-20-15-12-16-21-30/h6-16,18-22,24-26,36H,1-3,17,23,27H2,4-5H3,(H,41,44)/b22-10-,32-9+,33-25+. The summed E-state index contributed by atoms with van der Waals surface area (Å²) >= 11 is 1.00. The van der Waals surface area contributed by atoms with Crippen LogP contribution < -0.4 is 14.8 Å². The minimum atomic E-state index is -0.727. The van der Waals surface area contributed by atoms with E-state index in [4.69, 9.17) is 9.47 Å². The Kier molecular flexibility index (Phi) is 13.3. The Bertz CT molecular complexity index is 1790. The average molecular weight is 674 g/mol. The molecule has 0 spiro atoms. The van der Waals surface area contributed by atoms with Crippen molar-refractivity contribution in [1.29, 1.82) is 0 Å². The quantitative estimate of drug-likeness (QED) is 0.0783. The molecule has 0 aromatic heterocycles. The number of thioether (sulfide) groups is 1. The van der Waals surface area contributed by atoms with Crippen molar-refractivity contribution in [2.75, 3.05) is 19.5 Å². The van der Waals surface area contributed by atoms with Crippen LogP contribution in [-0.4, -0.2) is 47.3 Å². The molecular formula is C40H39N3O5S. The third kappa shape index (κ3) is 9.24. The SMILES string of the molecule is C=C/C=C\C(=C/C)N1C(=O)/C(=C/c2cc(CC=C)c(OCC=C)c(OC)c2)C(=O)N=C1SCC(=O)NC(c1ccccc1)c1ccccc1. The van der Waals surface area contributed by atoms with Crippen LogP contribution in [0.15, 0.2) is 145 Å². The van der Waals surface area contributed by atoms with Gasteiger partial charge in [0, 0.05) is 11.3 Å². The number of benzene rings is 3. The number of methoxy groups -OCH3 is 1. The monoisotopic (exact) mass is 673 g/mol. The maximum Gasteiger partial charge on any atom is 0.285 e. The molecule has 1 aliphatic rings. The molecule has 0 unspecified atom stereocenters. The predicted molar refractivity (Wildman–Crippen MR) is 198 cm³/mol. The average Bonchev–Trinajstić information content (AvgIpc) is 3.12. The number of amides is 3. The van der Waals surface area contributed by atoms with Crippen LogP contribution in [0.3, 0.4) is 0 Å². The van der Waals surface area contributed by atoms with Gasteiger partial charge in [0.15, 0.2) is 16.7 Å². The zero-order valence-corrected chi connectivity index (χ0v) is 28.5. The van der Waals surface area contributed by atoms with E-state index in [1.165, 1.54) is 18.1 Å². The molecule has 0 saturated heterocycles. The zero-order valence-electron chi connectivity index (χ0n) is 27.6. The highest BCUT2D eigenvalue weighted by atomic mass is 32.2. The molecular weight excluding hydrogens is 635 g/mol. The summed E-state index contributed by atoms with van der Waals surface area (Å²) in [6.45, 7) is 13.3. The van der Waals surface area contributed by atoms with Gasteiger partial charge in [-0.15, -0.1) is 6.58 Å². The molecule has 0 fully saturated rings. The molecule has 0 atom stereocenters. The van der Waals surface area contributed by atoms with Gasteiger partial charge in [0.1, 0.15) is 12.2 Å². The number of carbonyl (C=O) groups is 3. The first-order valence-corrected chi connectivity index (χ1v) is 16.6. The van der Waals surface area contributed by atoms with Crippen molar-refractivity contribution in [3.05, 3.63) is 163 Å². The van der Waals surface area contributed by atoms with Gasteiger partial charge in [-0.1, -0.05) is 116 Å². The van der Waals surface area contributed by atoms with Crippen LogP contribution in [0.5, 0.6) is 11.5 Å². The van der Waals surface area contributed by atoms with Gasteiger partial charge in [-0.25, -0.2) is 0 Å². The fourth-order valence-corrected chi connectivity index (χ4v) is 5.90. The fourth-order valence-electron chi connectivity index (χ4n) is 5.09. The Labute approximate surface area is 291 Å². The van der Waals surface area contributed by atoms with Crippen molar-refractivity contribution in [1.82, 2.24) is 10.2 Å². The summed E-state index contributed by atoms with van der Waals surface area (Å²) in [6, 6.07) is 22.4. The summed E-state index contributed by atoms with van der Waals surface area (Å²) in [6.07, 6.45) is 12.0. The first kappa shape index (κ1) is 36.2. The molecule has 0 saturated carbocycles. The summed E-state index contributed by atoms with van der Waals surface area (Å²) in [7, 11) is 1.51. The number of nitrogens with one attached hydrogen (secondary N) is 1. The van der Waals surface area contributed by atoms with Crippen molar-refractivity contribution in [3.63, 3.8) is 0 Å². The van der Waals surface area contributed by atoms with Gasteiger partial charge in [0.25, 0.3) is 11.8 Å². The van der Waals surface area contributed by atoms with E-state index in [2.05, 4.69) is 30.0 Å². The molecule has 3 aromatic carbocycles. The Balaban J connectivity index is 1.67. The van der Waals surface area contributed by atoms with Crippen molar-refractivity contribution in [3.8, 4) is 11.5 Å². The molecule has 9 heteroatoms. The van der Waals surface area contributed by atoms with Crippen molar-refractivity contribution in [2.45, 2.75) is 19.4 Å². The number of ether oxygens (including phenoxy) is 2. The number of hydrogen-bond acceptors (Lipinski definition) is 6. The molecule has 4 rings (SSSR count). The molecule has 250 valence electrons. The molecule has 0 radical (unpaired) electrons. The van der Waals surface area contributed by atoms with E-state index in [0.29, 0.717) is 29.2 Å². The van der Waals surface area contributed by atoms with Crippen LogP contribution >= 0.6 is 11.8 Å². The van der Waals surface area contributed by atoms with E-state index in [9.17, 15) is 14.4 Å². The van der Waals surface area contributed by atoms with Crippen LogP contribution in [0, 0.1) is 0 Å². The molecule has 0 bridgehead atoms. The van der Waals surface area contributed by atoms with E-state index in [1.807, 2.05) is 66.7 Å². The maximum atomic E-state index is 14.1. The number of rotatable bonds is 15. The van der Waals surface area contributed by atoms with Gasteiger partial charge < -0.3 is 14.8 Å². The van der Waals surface area contributed by atoms with Gasteiger partial charge in [-0.05, 0) is 54.3 Å². The molecule has 1 heterocycles. The second kappa shape index (κ2) is 18.0. The molecule has 3 amide bonds. The Hall–Kier alpha value is -5.67. The number of nitrogens with zero attached hydrogens (tertiary/aromatic N) is 2. The third-order valence-electron chi connectivity index (χ3n) is 7.31. The first-order valence-electron chi connectivity index (χ1n) is 15.6. The molecule has 49 heavy (non-hydrogen) atoms. The number of carbonyl (C=O) groups excluding carboxylic acids is 3. The highest BCUT2D eigenvalue weighted by molar-refractivity contribution is 8.14. The smallest absolute Gasteiger partial charge is 0.285 e. The van der Waals surface area contributed by atoms with Crippen molar-refractivity contribution in [2.24, 2.45) is 4.99 Å².